The minimum atomic E-state index is -3.28. The second-order valence-corrected chi connectivity index (χ2v) is 7.09. The Morgan fingerprint density at radius 1 is 1.38 bits per heavy atom. The van der Waals surface area contributed by atoms with E-state index in [4.69, 9.17) is 11.6 Å². The van der Waals surface area contributed by atoms with Gasteiger partial charge in [-0.3, -0.25) is 5.10 Å². The van der Waals surface area contributed by atoms with Crippen LogP contribution in [-0.2, 0) is 22.8 Å². The summed E-state index contributed by atoms with van der Waals surface area (Å²) >= 11 is 6.10. The van der Waals surface area contributed by atoms with Crippen LogP contribution in [0.2, 0.25) is 5.02 Å². The number of hydrogen-bond donors (Lipinski definition) is 2. The summed E-state index contributed by atoms with van der Waals surface area (Å²) < 4.78 is 23.5. The SMILES string of the molecule is CS(=O)(=O)c1cccc(Cl)c1CNCCCc1ncn[nH]1. The molecule has 0 bridgehead atoms. The molecular formula is C13H17ClN4O2S. The largest absolute Gasteiger partial charge is 0.313 e. The predicted molar refractivity (Wildman–Crippen MR) is 81.0 cm³/mol. The summed E-state index contributed by atoms with van der Waals surface area (Å²) in [6, 6.07) is 4.92. The molecule has 0 amide bonds. The number of H-pyrrole nitrogens is 1. The van der Waals surface area contributed by atoms with Gasteiger partial charge < -0.3 is 5.32 Å². The van der Waals surface area contributed by atoms with Crippen molar-refractivity contribution in [2.45, 2.75) is 24.3 Å². The van der Waals surface area contributed by atoms with Gasteiger partial charge in [0.05, 0.1) is 4.90 Å². The summed E-state index contributed by atoms with van der Waals surface area (Å²) in [4.78, 5) is 4.31. The van der Waals surface area contributed by atoms with Crippen molar-refractivity contribution in [2.24, 2.45) is 0 Å². The molecule has 8 heteroatoms. The van der Waals surface area contributed by atoms with Gasteiger partial charge in [0.1, 0.15) is 12.2 Å². The lowest BCUT2D eigenvalue weighted by Gasteiger charge is -2.11. The first-order valence-corrected chi connectivity index (χ1v) is 8.78. The molecule has 0 saturated heterocycles. The Labute approximate surface area is 128 Å². The molecule has 0 atom stereocenters. The maximum absolute atomic E-state index is 11.7. The van der Waals surface area contributed by atoms with Crippen molar-refractivity contribution in [2.75, 3.05) is 12.8 Å². The number of nitrogens with zero attached hydrogens (tertiary/aromatic N) is 2. The van der Waals surface area contributed by atoms with E-state index >= 15 is 0 Å². The van der Waals surface area contributed by atoms with Crippen LogP contribution in [-0.4, -0.2) is 36.4 Å². The van der Waals surface area contributed by atoms with E-state index in [9.17, 15) is 8.42 Å². The zero-order chi connectivity index (χ0) is 15.3. The molecule has 114 valence electrons. The highest BCUT2D eigenvalue weighted by Gasteiger charge is 2.15. The molecule has 2 N–H and O–H groups in total. The lowest BCUT2D eigenvalue weighted by molar-refractivity contribution is 0.596. The molecule has 0 unspecified atom stereocenters. The minimum absolute atomic E-state index is 0.276. The Bertz CT molecular complexity index is 686. The third-order valence-corrected chi connectivity index (χ3v) is 4.54. The van der Waals surface area contributed by atoms with Gasteiger partial charge in [0, 0.05) is 29.8 Å². The highest BCUT2D eigenvalue weighted by atomic mass is 35.5. The van der Waals surface area contributed by atoms with Crippen LogP contribution >= 0.6 is 11.6 Å². The fourth-order valence-electron chi connectivity index (χ4n) is 2.00. The molecule has 0 aliphatic heterocycles. The van der Waals surface area contributed by atoms with Crippen LogP contribution in [0.25, 0.3) is 0 Å². The lowest BCUT2D eigenvalue weighted by Crippen LogP contribution is -2.18. The van der Waals surface area contributed by atoms with Gasteiger partial charge in [-0.05, 0) is 25.1 Å². The van der Waals surface area contributed by atoms with E-state index in [1.54, 1.807) is 18.2 Å². The first-order chi connectivity index (χ1) is 9.98. The number of rotatable bonds is 7. The molecule has 1 heterocycles. The van der Waals surface area contributed by atoms with E-state index in [2.05, 4.69) is 20.5 Å². The van der Waals surface area contributed by atoms with Crippen molar-refractivity contribution < 1.29 is 8.42 Å². The maximum Gasteiger partial charge on any atom is 0.175 e. The number of aryl methyl sites for hydroxylation is 1. The fourth-order valence-corrected chi connectivity index (χ4v) is 3.26. The average molecular weight is 329 g/mol. The molecule has 1 aromatic carbocycles. The third kappa shape index (κ3) is 4.52. The summed E-state index contributed by atoms with van der Waals surface area (Å²) in [5, 5.41) is 10.2. The molecule has 0 radical (unpaired) electrons. The Balaban J connectivity index is 1.91. The van der Waals surface area contributed by atoms with Gasteiger partial charge >= 0.3 is 0 Å². The Morgan fingerprint density at radius 3 is 2.86 bits per heavy atom. The monoisotopic (exact) mass is 328 g/mol. The van der Waals surface area contributed by atoms with Gasteiger partial charge in [-0.15, -0.1) is 0 Å². The molecular weight excluding hydrogens is 312 g/mol. The fraction of sp³-hybridized carbons (Fsp3) is 0.385. The summed E-state index contributed by atoms with van der Waals surface area (Å²) in [5.41, 5.74) is 0.612. The van der Waals surface area contributed by atoms with Gasteiger partial charge in [-0.1, -0.05) is 17.7 Å². The van der Waals surface area contributed by atoms with Crippen molar-refractivity contribution in [3.63, 3.8) is 0 Å². The Morgan fingerprint density at radius 2 is 2.19 bits per heavy atom. The Kier molecular flexibility index (Phi) is 5.33. The summed E-state index contributed by atoms with van der Waals surface area (Å²) in [6.07, 6.45) is 4.32. The van der Waals surface area contributed by atoms with Crippen molar-refractivity contribution in [3.8, 4) is 0 Å². The smallest absolute Gasteiger partial charge is 0.175 e. The normalized spacial score (nSPS) is 11.7. The topological polar surface area (TPSA) is 87.7 Å². The van der Waals surface area contributed by atoms with E-state index in [0.717, 1.165) is 25.2 Å². The first-order valence-electron chi connectivity index (χ1n) is 6.51. The highest BCUT2D eigenvalue weighted by molar-refractivity contribution is 7.90. The third-order valence-electron chi connectivity index (χ3n) is 3.01. The van der Waals surface area contributed by atoms with E-state index < -0.39 is 9.84 Å². The van der Waals surface area contributed by atoms with Crippen molar-refractivity contribution in [1.29, 1.82) is 0 Å². The van der Waals surface area contributed by atoms with Gasteiger partial charge in [-0.2, -0.15) is 5.10 Å². The number of benzene rings is 1. The molecule has 1 aromatic heterocycles. The molecule has 0 aliphatic carbocycles. The molecule has 0 spiro atoms. The summed E-state index contributed by atoms with van der Waals surface area (Å²) in [5.74, 6) is 0.839. The molecule has 0 aliphatic rings. The van der Waals surface area contributed by atoms with E-state index in [0.29, 0.717) is 17.1 Å². The lowest BCUT2D eigenvalue weighted by atomic mass is 10.2. The zero-order valence-corrected chi connectivity index (χ0v) is 13.2. The van der Waals surface area contributed by atoms with Gasteiger partial charge in [-0.25, -0.2) is 13.4 Å². The highest BCUT2D eigenvalue weighted by Crippen LogP contribution is 2.23. The molecule has 2 rings (SSSR count). The summed E-state index contributed by atoms with van der Waals surface area (Å²) in [6.45, 7) is 1.15. The van der Waals surface area contributed by atoms with E-state index in [1.165, 1.54) is 12.6 Å². The number of hydrogen-bond acceptors (Lipinski definition) is 5. The molecule has 0 fully saturated rings. The number of halogens is 1. The van der Waals surface area contributed by atoms with Crippen LogP contribution in [0.4, 0.5) is 0 Å². The molecule has 6 nitrogen and oxygen atoms in total. The van der Waals surface area contributed by atoms with Crippen molar-refractivity contribution >= 4 is 21.4 Å². The number of nitrogens with one attached hydrogen (secondary N) is 2. The van der Waals surface area contributed by atoms with Gasteiger partial charge in [0.15, 0.2) is 9.84 Å². The van der Waals surface area contributed by atoms with Crippen molar-refractivity contribution in [3.05, 3.63) is 40.9 Å². The number of aromatic amines is 1. The van der Waals surface area contributed by atoms with Crippen LogP contribution in [0.3, 0.4) is 0 Å². The number of aromatic nitrogens is 3. The molecule has 2 aromatic rings. The quantitative estimate of drug-likeness (QED) is 0.753. The van der Waals surface area contributed by atoms with Crippen LogP contribution in [0.1, 0.15) is 17.8 Å². The summed E-state index contributed by atoms with van der Waals surface area (Å²) in [7, 11) is -3.28. The number of sulfone groups is 1. The Hall–Kier alpha value is -1.44. The van der Waals surface area contributed by atoms with Gasteiger partial charge in [0.25, 0.3) is 0 Å². The second-order valence-electron chi connectivity index (χ2n) is 4.70. The van der Waals surface area contributed by atoms with Crippen LogP contribution in [0.5, 0.6) is 0 Å². The maximum atomic E-state index is 11.7. The van der Waals surface area contributed by atoms with Crippen molar-refractivity contribution in [1.82, 2.24) is 20.5 Å². The minimum Gasteiger partial charge on any atom is -0.313 e. The van der Waals surface area contributed by atoms with E-state index in [1.807, 2.05) is 0 Å². The molecule has 0 saturated carbocycles. The van der Waals surface area contributed by atoms with Gasteiger partial charge in [0.2, 0.25) is 0 Å². The van der Waals surface area contributed by atoms with Crippen LogP contribution < -0.4 is 5.32 Å². The predicted octanol–water partition coefficient (Wildman–Crippen LogP) is 1.58. The second kappa shape index (κ2) is 7.02. The molecule has 21 heavy (non-hydrogen) atoms. The standard InChI is InChI=1S/C13H17ClN4O2S/c1-21(19,20)12-5-2-4-11(14)10(12)8-15-7-3-6-13-16-9-17-18-13/h2,4-5,9,15H,3,6-8H2,1H3,(H,16,17,18). The van der Waals surface area contributed by atoms with E-state index in [-0.39, 0.29) is 4.90 Å². The first kappa shape index (κ1) is 15.9. The van der Waals surface area contributed by atoms with Crippen LogP contribution in [0, 0.1) is 0 Å². The zero-order valence-electron chi connectivity index (χ0n) is 11.6. The average Bonchev–Trinajstić information content (AvgIpc) is 2.92. The van der Waals surface area contributed by atoms with Crippen LogP contribution in [0.15, 0.2) is 29.4 Å².